The molecule has 6 heteroatoms. The van der Waals surface area contributed by atoms with Gasteiger partial charge in [0.05, 0.1) is 23.2 Å². The first kappa shape index (κ1) is 18.6. The van der Waals surface area contributed by atoms with Crippen LogP contribution in [0.2, 0.25) is 0 Å². The molecule has 4 heterocycles. The Bertz CT molecular complexity index is 1060. The normalized spacial score (nSPS) is 22.6. The van der Waals surface area contributed by atoms with Gasteiger partial charge < -0.3 is 4.74 Å². The SMILES string of the molecule is Cc1cc(C2CC(c3nc(C4CCC4)c4nc(C)c(C)nc4n3)CCO2)ccn1. The van der Waals surface area contributed by atoms with Crippen LogP contribution in [0.3, 0.4) is 0 Å². The van der Waals surface area contributed by atoms with Crippen LogP contribution in [0.15, 0.2) is 18.3 Å². The molecule has 1 saturated heterocycles. The number of hydrogen-bond acceptors (Lipinski definition) is 6. The van der Waals surface area contributed by atoms with Gasteiger partial charge >= 0.3 is 0 Å². The van der Waals surface area contributed by atoms with Crippen molar-refractivity contribution in [1.82, 2.24) is 24.9 Å². The lowest BCUT2D eigenvalue weighted by atomic mass is 9.82. The van der Waals surface area contributed by atoms with E-state index in [1.807, 2.05) is 27.0 Å². The summed E-state index contributed by atoms with van der Waals surface area (Å²) in [6, 6.07) is 4.17. The second-order valence-electron chi connectivity index (χ2n) is 8.47. The van der Waals surface area contributed by atoms with Crippen molar-refractivity contribution in [2.75, 3.05) is 6.61 Å². The van der Waals surface area contributed by atoms with Crippen LogP contribution in [0.1, 0.15) is 84.2 Å². The summed E-state index contributed by atoms with van der Waals surface area (Å²) in [4.78, 5) is 23.9. The minimum atomic E-state index is 0.0627. The van der Waals surface area contributed by atoms with Gasteiger partial charge in [-0.15, -0.1) is 0 Å². The Kier molecular flexibility index (Phi) is 4.74. The molecule has 6 nitrogen and oxygen atoms in total. The van der Waals surface area contributed by atoms with Crippen LogP contribution in [0, 0.1) is 20.8 Å². The van der Waals surface area contributed by atoms with Crippen molar-refractivity contribution in [3.05, 3.63) is 52.5 Å². The molecular weight excluding hydrogens is 362 g/mol. The maximum atomic E-state index is 6.09. The van der Waals surface area contributed by atoms with Crippen LogP contribution in [0.4, 0.5) is 0 Å². The Hall–Kier alpha value is -2.47. The van der Waals surface area contributed by atoms with Crippen molar-refractivity contribution < 1.29 is 4.74 Å². The molecule has 5 rings (SSSR count). The van der Waals surface area contributed by atoms with E-state index in [1.54, 1.807) is 0 Å². The zero-order valence-electron chi connectivity index (χ0n) is 17.4. The summed E-state index contributed by atoms with van der Waals surface area (Å²) in [6.07, 6.45) is 7.39. The second-order valence-corrected chi connectivity index (χ2v) is 8.47. The van der Waals surface area contributed by atoms with Crippen molar-refractivity contribution in [2.45, 2.75) is 70.8 Å². The van der Waals surface area contributed by atoms with Crippen molar-refractivity contribution in [2.24, 2.45) is 0 Å². The fourth-order valence-electron chi connectivity index (χ4n) is 4.33. The molecular formula is C23H27N5O. The molecule has 0 N–H and O–H groups in total. The molecule has 3 aromatic rings. The highest BCUT2D eigenvalue weighted by Crippen LogP contribution is 2.40. The van der Waals surface area contributed by atoms with Crippen molar-refractivity contribution >= 4 is 11.2 Å². The quantitative estimate of drug-likeness (QED) is 0.649. The van der Waals surface area contributed by atoms with Gasteiger partial charge in [-0.25, -0.2) is 19.9 Å². The average molecular weight is 390 g/mol. The highest BCUT2D eigenvalue weighted by molar-refractivity contribution is 5.73. The molecule has 29 heavy (non-hydrogen) atoms. The average Bonchev–Trinajstić information content (AvgIpc) is 2.68. The second kappa shape index (κ2) is 7.41. The van der Waals surface area contributed by atoms with Crippen LogP contribution in [0.5, 0.6) is 0 Å². The molecule has 1 saturated carbocycles. The van der Waals surface area contributed by atoms with Crippen molar-refractivity contribution in [3.63, 3.8) is 0 Å². The number of pyridine rings is 1. The zero-order valence-corrected chi connectivity index (χ0v) is 17.4. The van der Waals surface area contributed by atoms with Gasteiger partial charge in [-0.3, -0.25) is 4.98 Å². The van der Waals surface area contributed by atoms with Gasteiger partial charge in [0.15, 0.2) is 5.65 Å². The summed E-state index contributed by atoms with van der Waals surface area (Å²) >= 11 is 0. The number of nitrogens with zero attached hydrogens (tertiary/aromatic N) is 5. The van der Waals surface area contributed by atoms with E-state index in [2.05, 4.69) is 17.1 Å². The highest BCUT2D eigenvalue weighted by atomic mass is 16.5. The fourth-order valence-corrected chi connectivity index (χ4v) is 4.33. The van der Waals surface area contributed by atoms with Gasteiger partial charge in [0.2, 0.25) is 0 Å². The standard InChI is InChI=1S/C23H27N5O/c1-13-11-17(7-9-24-13)19-12-18(8-10-29-19)22-27-20(16-5-4-6-16)21-23(28-22)26-15(3)14(2)25-21/h7,9,11,16,18-19H,4-6,8,10,12H2,1-3H3. The summed E-state index contributed by atoms with van der Waals surface area (Å²) in [5, 5.41) is 0. The maximum absolute atomic E-state index is 6.09. The van der Waals surface area contributed by atoms with Gasteiger partial charge in [-0.05, 0) is 64.2 Å². The number of aromatic nitrogens is 5. The van der Waals surface area contributed by atoms with Crippen molar-refractivity contribution in [3.8, 4) is 0 Å². The molecule has 0 amide bonds. The van der Waals surface area contributed by atoms with E-state index in [0.717, 1.165) is 59.2 Å². The van der Waals surface area contributed by atoms with Crippen LogP contribution in [0.25, 0.3) is 11.2 Å². The number of hydrogen-bond donors (Lipinski definition) is 0. The minimum Gasteiger partial charge on any atom is -0.373 e. The summed E-state index contributed by atoms with van der Waals surface area (Å²) in [6.45, 7) is 6.75. The molecule has 2 fully saturated rings. The van der Waals surface area contributed by atoms with Gasteiger partial charge in [0.25, 0.3) is 0 Å². The Labute approximate surface area is 171 Å². The van der Waals surface area contributed by atoms with Crippen LogP contribution in [-0.4, -0.2) is 31.5 Å². The molecule has 2 unspecified atom stereocenters. The van der Waals surface area contributed by atoms with E-state index in [1.165, 1.54) is 24.8 Å². The summed E-state index contributed by atoms with van der Waals surface area (Å²) in [5.41, 5.74) is 6.87. The third-order valence-corrected chi connectivity index (χ3v) is 6.42. The number of ether oxygens (including phenoxy) is 1. The minimum absolute atomic E-state index is 0.0627. The Morgan fingerprint density at radius 3 is 2.52 bits per heavy atom. The first-order chi connectivity index (χ1) is 14.1. The summed E-state index contributed by atoms with van der Waals surface area (Å²) in [5.74, 6) is 1.68. The molecule has 2 atom stereocenters. The summed E-state index contributed by atoms with van der Waals surface area (Å²) < 4.78 is 6.09. The van der Waals surface area contributed by atoms with Crippen LogP contribution >= 0.6 is 0 Å². The molecule has 0 aromatic carbocycles. The van der Waals surface area contributed by atoms with Gasteiger partial charge in [-0.2, -0.15) is 0 Å². The van der Waals surface area contributed by atoms with Gasteiger partial charge in [-0.1, -0.05) is 6.42 Å². The van der Waals surface area contributed by atoms with Crippen molar-refractivity contribution in [1.29, 1.82) is 0 Å². The monoisotopic (exact) mass is 389 g/mol. The maximum Gasteiger partial charge on any atom is 0.182 e. The Balaban J connectivity index is 1.53. The molecule has 2 aliphatic rings. The molecule has 1 aliphatic heterocycles. The molecule has 0 radical (unpaired) electrons. The number of aryl methyl sites for hydroxylation is 3. The molecule has 3 aromatic heterocycles. The van der Waals surface area contributed by atoms with Crippen LogP contribution < -0.4 is 0 Å². The first-order valence-corrected chi connectivity index (χ1v) is 10.7. The van der Waals surface area contributed by atoms with E-state index in [9.17, 15) is 0 Å². The van der Waals surface area contributed by atoms with E-state index in [4.69, 9.17) is 24.7 Å². The smallest absolute Gasteiger partial charge is 0.182 e. The predicted octanol–water partition coefficient (Wildman–Crippen LogP) is 4.64. The molecule has 1 aliphatic carbocycles. The Morgan fingerprint density at radius 1 is 0.931 bits per heavy atom. The van der Waals surface area contributed by atoms with E-state index in [-0.39, 0.29) is 12.0 Å². The van der Waals surface area contributed by atoms with Gasteiger partial charge in [0, 0.05) is 30.3 Å². The van der Waals surface area contributed by atoms with Crippen LogP contribution in [-0.2, 0) is 4.74 Å². The third-order valence-electron chi connectivity index (χ3n) is 6.42. The third kappa shape index (κ3) is 3.50. The zero-order chi connectivity index (χ0) is 20.0. The lowest BCUT2D eigenvalue weighted by Gasteiger charge is -2.30. The lowest BCUT2D eigenvalue weighted by molar-refractivity contribution is 0.00387. The molecule has 150 valence electrons. The number of rotatable bonds is 3. The van der Waals surface area contributed by atoms with E-state index >= 15 is 0 Å². The summed E-state index contributed by atoms with van der Waals surface area (Å²) in [7, 11) is 0. The highest BCUT2D eigenvalue weighted by Gasteiger charge is 2.31. The predicted molar refractivity (Wildman–Crippen MR) is 111 cm³/mol. The topological polar surface area (TPSA) is 73.7 Å². The Morgan fingerprint density at radius 2 is 1.76 bits per heavy atom. The first-order valence-electron chi connectivity index (χ1n) is 10.7. The largest absolute Gasteiger partial charge is 0.373 e. The van der Waals surface area contributed by atoms with Gasteiger partial charge in [0.1, 0.15) is 11.3 Å². The van der Waals surface area contributed by atoms with E-state index < -0.39 is 0 Å². The molecule has 0 spiro atoms. The molecule has 0 bridgehead atoms. The number of fused-ring (bicyclic) bond motifs is 1. The van der Waals surface area contributed by atoms with E-state index in [0.29, 0.717) is 5.92 Å². The fraction of sp³-hybridized carbons (Fsp3) is 0.522. The lowest BCUT2D eigenvalue weighted by Crippen LogP contribution is -2.22.